The van der Waals surface area contributed by atoms with E-state index in [0.29, 0.717) is 6.04 Å². The van der Waals surface area contributed by atoms with Gasteiger partial charge in [0.15, 0.2) is 0 Å². The molecule has 3 N–H and O–H groups in total. The summed E-state index contributed by atoms with van der Waals surface area (Å²) in [6, 6.07) is 6.89. The number of anilines is 1. The lowest BCUT2D eigenvalue weighted by atomic mass is 9.95. The van der Waals surface area contributed by atoms with Gasteiger partial charge in [-0.1, -0.05) is 25.3 Å². The molecule has 2 nitrogen and oxygen atoms in total. The Bertz CT molecular complexity index is 346. The molecule has 0 amide bonds. The lowest BCUT2D eigenvalue weighted by molar-refractivity contribution is 0.372. The monoisotopic (exact) mass is 282 g/mol. The lowest BCUT2D eigenvalue weighted by Gasteiger charge is -2.23. The largest absolute Gasteiger partial charge is 0.398 e. The predicted molar refractivity (Wildman–Crippen MR) is 72.3 cm³/mol. The van der Waals surface area contributed by atoms with Gasteiger partial charge in [0.25, 0.3) is 0 Å². The Hall–Kier alpha value is -0.540. The van der Waals surface area contributed by atoms with Crippen LogP contribution in [0.4, 0.5) is 5.69 Å². The van der Waals surface area contributed by atoms with Gasteiger partial charge in [-0.2, -0.15) is 0 Å². The van der Waals surface area contributed by atoms with Gasteiger partial charge in [0, 0.05) is 22.7 Å². The molecule has 16 heavy (non-hydrogen) atoms. The lowest BCUT2D eigenvalue weighted by Crippen LogP contribution is -2.30. The van der Waals surface area contributed by atoms with E-state index in [4.69, 9.17) is 5.73 Å². The molecular formula is C13H19BrN2. The minimum Gasteiger partial charge on any atom is -0.398 e. The Balaban J connectivity index is 1.86. The number of nitrogen functional groups attached to an aromatic ring is 1. The van der Waals surface area contributed by atoms with Crippen LogP contribution < -0.4 is 11.1 Å². The number of halogens is 1. The molecule has 0 bridgehead atoms. The summed E-state index contributed by atoms with van der Waals surface area (Å²) >= 11 is 3.41. The van der Waals surface area contributed by atoms with Crippen LogP contribution in [0.25, 0.3) is 0 Å². The SMILES string of the molecule is Nc1cc(CNC2CCCCC2)ccc1Br. The summed E-state index contributed by atoms with van der Waals surface area (Å²) in [6.07, 6.45) is 6.81. The number of hydrogen-bond acceptors (Lipinski definition) is 2. The number of nitrogens with one attached hydrogen (secondary N) is 1. The van der Waals surface area contributed by atoms with Crippen molar-refractivity contribution in [1.82, 2.24) is 5.32 Å². The Kier molecular flexibility index (Phi) is 4.24. The predicted octanol–water partition coefficient (Wildman–Crippen LogP) is 3.45. The van der Waals surface area contributed by atoms with E-state index in [1.165, 1.54) is 37.7 Å². The summed E-state index contributed by atoms with van der Waals surface area (Å²) in [5, 5.41) is 3.61. The molecule has 3 heteroatoms. The minimum atomic E-state index is 0.707. The number of hydrogen-bond donors (Lipinski definition) is 2. The van der Waals surface area contributed by atoms with Crippen molar-refractivity contribution < 1.29 is 0 Å². The zero-order valence-corrected chi connectivity index (χ0v) is 11.1. The molecule has 1 aromatic rings. The molecule has 1 fully saturated rings. The van der Waals surface area contributed by atoms with Gasteiger partial charge in [-0.15, -0.1) is 0 Å². The quantitative estimate of drug-likeness (QED) is 0.834. The highest BCUT2D eigenvalue weighted by molar-refractivity contribution is 9.10. The van der Waals surface area contributed by atoms with E-state index in [9.17, 15) is 0 Å². The van der Waals surface area contributed by atoms with E-state index < -0.39 is 0 Å². The molecule has 1 aliphatic rings. The topological polar surface area (TPSA) is 38.0 Å². The van der Waals surface area contributed by atoms with Crippen molar-refractivity contribution in [3.8, 4) is 0 Å². The molecule has 0 saturated heterocycles. The van der Waals surface area contributed by atoms with Crippen LogP contribution in [0.5, 0.6) is 0 Å². The second-order valence-electron chi connectivity index (χ2n) is 4.57. The van der Waals surface area contributed by atoms with E-state index in [2.05, 4.69) is 27.3 Å². The van der Waals surface area contributed by atoms with Crippen LogP contribution in [0.2, 0.25) is 0 Å². The molecule has 0 heterocycles. The molecule has 1 aromatic carbocycles. The maximum absolute atomic E-state index is 5.85. The van der Waals surface area contributed by atoms with Crippen molar-refractivity contribution >= 4 is 21.6 Å². The van der Waals surface area contributed by atoms with Crippen LogP contribution in [0.3, 0.4) is 0 Å². The minimum absolute atomic E-state index is 0.707. The van der Waals surface area contributed by atoms with Gasteiger partial charge in [0.05, 0.1) is 0 Å². The van der Waals surface area contributed by atoms with Crippen LogP contribution >= 0.6 is 15.9 Å². The van der Waals surface area contributed by atoms with Crippen molar-refractivity contribution in [2.45, 2.75) is 44.7 Å². The zero-order valence-electron chi connectivity index (χ0n) is 9.51. The molecule has 1 saturated carbocycles. The van der Waals surface area contributed by atoms with E-state index in [1.54, 1.807) is 0 Å². The molecule has 0 aromatic heterocycles. The first-order valence-corrected chi connectivity index (χ1v) is 6.82. The van der Waals surface area contributed by atoms with Crippen LogP contribution in [0.15, 0.2) is 22.7 Å². The molecule has 0 atom stereocenters. The van der Waals surface area contributed by atoms with Gasteiger partial charge in [-0.25, -0.2) is 0 Å². The third-order valence-electron chi connectivity index (χ3n) is 3.26. The van der Waals surface area contributed by atoms with Crippen LogP contribution in [-0.2, 0) is 6.54 Å². The Morgan fingerprint density at radius 2 is 2.00 bits per heavy atom. The fraction of sp³-hybridized carbons (Fsp3) is 0.538. The summed E-state index contributed by atoms with van der Waals surface area (Å²) in [4.78, 5) is 0. The van der Waals surface area contributed by atoms with Gasteiger partial charge >= 0.3 is 0 Å². The number of rotatable bonds is 3. The molecule has 1 aliphatic carbocycles. The van der Waals surface area contributed by atoms with E-state index in [1.807, 2.05) is 12.1 Å². The molecule has 0 aliphatic heterocycles. The smallest absolute Gasteiger partial charge is 0.0461 e. The third-order valence-corrected chi connectivity index (χ3v) is 3.98. The molecule has 0 radical (unpaired) electrons. The molecule has 88 valence electrons. The van der Waals surface area contributed by atoms with Gasteiger partial charge in [-0.3, -0.25) is 0 Å². The van der Waals surface area contributed by atoms with Crippen molar-refractivity contribution in [2.24, 2.45) is 0 Å². The second-order valence-corrected chi connectivity index (χ2v) is 5.43. The van der Waals surface area contributed by atoms with E-state index >= 15 is 0 Å². The number of nitrogens with two attached hydrogens (primary N) is 1. The van der Waals surface area contributed by atoms with Crippen LogP contribution in [-0.4, -0.2) is 6.04 Å². The van der Waals surface area contributed by atoms with Crippen molar-refractivity contribution in [3.05, 3.63) is 28.2 Å². The normalized spacial score (nSPS) is 17.6. The first kappa shape index (κ1) is 11.9. The first-order chi connectivity index (χ1) is 7.75. The summed E-state index contributed by atoms with van der Waals surface area (Å²) < 4.78 is 0.980. The summed E-state index contributed by atoms with van der Waals surface area (Å²) in [7, 11) is 0. The maximum Gasteiger partial charge on any atom is 0.0461 e. The molecular weight excluding hydrogens is 264 g/mol. The molecule has 0 spiro atoms. The highest BCUT2D eigenvalue weighted by Crippen LogP contribution is 2.21. The average molecular weight is 283 g/mol. The highest BCUT2D eigenvalue weighted by Gasteiger charge is 2.12. The molecule has 0 unspecified atom stereocenters. The van der Waals surface area contributed by atoms with Crippen molar-refractivity contribution in [1.29, 1.82) is 0 Å². The Morgan fingerprint density at radius 3 is 2.69 bits per heavy atom. The van der Waals surface area contributed by atoms with Gasteiger partial charge < -0.3 is 11.1 Å². The van der Waals surface area contributed by atoms with Crippen molar-refractivity contribution in [2.75, 3.05) is 5.73 Å². The summed E-state index contributed by atoms with van der Waals surface area (Å²) in [5.41, 5.74) is 7.95. The first-order valence-electron chi connectivity index (χ1n) is 6.03. The fourth-order valence-corrected chi connectivity index (χ4v) is 2.52. The van der Waals surface area contributed by atoms with Crippen molar-refractivity contribution in [3.63, 3.8) is 0 Å². The van der Waals surface area contributed by atoms with Gasteiger partial charge in [-0.05, 0) is 46.5 Å². The Labute approximate surface area is 106 Å². The van der Waals surface area contributed by atoms with Crippen LogP contribution in [0, 0.1) is 0 Å². The number of benzene rings is 1. The average Bonchev–Trinajstić information content (AvgIpc) is 2.32. The van der Waals surface area contributed by atoms with E-state index in [-0.39, 0.29) is 0 Å². The van der Waals surface area contributed by atoms with E-state index in [0.717, 1.165) is 16.7 Å². The maximum atomic E-state index is 5.85. The van der Waals surface area contributed by atoms with Gasteiger partial charge in [0.2, 0.25) is 0 Å². The fourth-order valence-electron chi connectivity index (χ4n) is 2.27. The van der Waals surface area contributed by atoms with Crippen LogP contribution in [0.1, 0.15) is 37.7 Å². The third kappa shape index (κ3) is 3.22. The second kappa shape index (κ2) is 5.69. The van der Waals surface area contributed by atoms with Gasteiger partial charge in [0.1, 0.15) is 0 Å². The Morgan fingerprint density at radius 1 is 1.25 bits per heavy atom. The standard InChI is InChI=1S/C13H19BrN2/c14-12-7-6-10(8-13(12)15)9-16-11-4-2-1-3-5-11/h6-8,11,16H,1-5,9,15H2. The molecule has 2 rings (SSSR count). The highest BCUT2D eigenvalue weighted by atomic mass is 79.9. The zero-order chi connectivity index (χ0) is 11.4. The summed E-state index contributed by atoms with van der Waals surface area (Å²) in [5.74, 6) is 0. The summed E-state index contributed by atoms with van der Waals surface area (Å²) in [6.45, 7) is 0.933.